The molecule has 1 fully saturated rings. The van der Waals surface area contributed by atoms with Gasteiger partial charge >= 0.3 is 0 Å². The number of carbonyl (C=O) groups excluding carboxylic acids is 1. The molecule has 8 nitrogen and oxygen atoms in total. The number of sulfonamides is 1. The quantitative estimate of drug-likeness (QED) is 0.372. The highest BCUT2D eigenvalue weighted by molar-refractivity contribution is 7.98. The van der Waals surface area contributed by atoms with E-state index in [1.807, 2.05) is 31.2 Å². The van der Waals surface area contributed by atoms with Crippen molar-refractivity contribution in [3.63, 3.8) is 0 Å². The topological polar surface area (TPSA) is 101 Å². The maximum absolute atomic E-state index is 12.8. The third kappa shape index (κ3) is 5.76. The van der Waals surface area contributed by atoms with E-state index < -0.39 is 15.9 Å². The van der Waals surface area contributed by atoms with E-state index >= 15 is 0 Å². The number of anilines is 1. The molecular weight excluding hydrogens is 496 g/mol. The number of hydrogen-bond acceptors (Lipinski definition) is 7. The summed E-state index contributed by atoms with van der Waals surface area (Å²) in [5.41, 5.74) is 2.80. The molecule has 0 aliphatic carbocycles. The van der Waals surface area contributed by atoms with Gasteiger partial charge in [-0.05, 0) is 42.3 Å². The van der Waals surface area contributed by atoms with E-state index in [1.165, 1.54) is 52.1 Å². The van der Waals surface area contributed by atoms with Gasteiger partial charge in [-0.15, -0.1) is 0 Å². The first-order valence-electron chi connectivity index (χ1n) is 10.5. The predicted molar refractivity (Wildman–Crippen MR) is 132 cm³/mol. The van der Waals surface area contributed by atoms with Crippen molar-refractivity contribution in [3.05, 3.63) is 76.6 Å². The zero-order valence-corrected chi connectivity index (χ0v) is 20.8. The molecule has 34 heavy (non-hydrogen) atoms. The van der Waals surface area contributed by atoms with Gasteiger partial charge in [0.25, 0.3) is 5.91 Å². The second-order valence-electron chi connectivity index (χ2n) is 7.56. The van der Waals surface area contributed by atoms with Gasteiger partial charge < -0.3 is 10.1 Å². The summed E-state index contributed by atoms with van der Waals surface area (Å²) >= 11 is 7.59. The van der Waals surface area contributed by atoms with E-state index in [4.69, 9.17) is 16.3 Å². The van der Waals surface area contributed by atoms with E-state index in [0.29, 0.717) is 42.9 Å². The third-order valence-electron chi connectivity index (χ3n) is 5.28. The average molecular weight is 519 g/mol. The number of nitrogens with zero attached hydrogens (tertiary/aromatic N) is 3. The molecule has 0 spiro atoms. The molecule has 1 aromatic heterocycles. The van der Waals surface area contributed by atoms with E-state index in [1.54, 1.807) is 0 Å². The molecule has 0 radical (unpaired) electrons. The lowest BCUT2D eigenvalue weighted by Crippen LogP contribution is -2.40. The Bertz CT molecular complexity index is 1280. The van der Waals surface area contributed by atoms with Crippen LogP contribution in [0.15, 0.2) is 64.8 Å². The lowest BCUT2D eigenvalue weighted by atomic mass is 10.1. The summed E-state index contributed by atoms with van der Waals surface area (Å²) in [7, 11) is -3.61. The number of hydrogen-bond donors (Lipinski definition) is 1. The van der Waals surface area contributed by atoms with Gasteiger partial charge in [0.05, 0.1) is 29.3 Å². The minimum Gasteiger partial charge on any atom is -0.379 e. The van der Waals surface area contributed by atoms with Crippen molar-refractivity contribution in [2.45, 2.75) is 22.7 Å². The number of nitrogens with one attached hydrogen (secondary N) is 1. The molecule has 11 heteroatoms. The zero-order valence-electron chi connectivity index (χ0n) is 18.4. The Hall–Kier alpha value is -2.50. The zero-order chi connectivity index (χ0) is 24.1. The van der Waals surface area contributed by atoms with Crippen molar-refractivity contribution in [1.82, 2.24) is 14.3 Å². The maximum Gasteiger partial charge on any atom is 0.275 e. The van der Waals surface area contributed by atoms with Crippen LogP contribution in [0, 0.1) is 6.92 Å². The Morgan fingerprint density at radius 1 is 1.15 bits per heavy atom. The second kappa shape index (κ2) is 10.8. The molecule has 1 saturated heterocycles. The van der Waals surface area contributed by atoms with Gasteiger partial charge in [-0.2, -0.15) is 4.31 Å². The first kappa shape index (κ1) is 24.6. The molecule has 1 aliphatic heterocycles. The predicted octanol–water partition coefficient (Wildman–Crippen LogP) is 4.00. The van der Waals surface area contributed by atoms with Crippen LogP contribution < -0.4 is 5.32 Å². The summed E-state index contributed by atoms with van der Waals surface area (Å²) in [6.07, 6.45) is 1.40. The van der Waals surface area contributed by atoms with Crippen LogP contribution in [0.1, 0.15) is 21.6 Å². The Morgan fingerprint density at radius 3 is 2.56 bits per heavy atom. The number of ether oxygens (including phenoxy) is 1. The van der Waals surface area contributed by atoms with E-state index in [-0.39, 0.29) is 15.6 Å². The first-order chi connectivity index (χ1) is 16.3. The molecule has 1 amide bonds. The Balaban J connectivity index is 1.44. The van der Waals surface area contributed by atoms with Gasteiger partial charge in [-0.1, -0.05) is 47.6 Å². The van der Waals surface area contributed by atoms with Crippen LogP contribution in [0.4, 0.5) is 5.69 Å². The van der Waals surface area contributed by atoms with Crippen LogP contribution in [-0.4, -0.2) is 54.9 Å². The third-order valence-corrected chi connectivity index (χ3v) is 8.37. The summed E-state index contributed by atoms with van der Waals surface area (Å²) in [4.78, 5) is 21.5. The smallest absolute Gasteiger partial charge is 0.275 e. The summed E-state index contributed by atoms with van der Waals surface area (Å²) in [5, 5.41) is 3.28. The Morgan fingerprint density at radius 2 is 1.85 bits per heavy atom. The number of aryl methyl sites for hydroxylation is 1. The van der Waals surface area contributed by atoms with E-state index in [0.717, 1.165) is 5.56 Å². The van der Waals surface area contributed by atoms with Crippen LogP contribution in [0.5, 0.6) is 0 Å². The number of rotatable bonds is 7. The highest BCUT2D eigenvalue weighted by atomic mass is 35.5. The van der Waals surface area contributed by atoms with Crippen molar-refractivity contribution in [3.8, 4) is 0 Å². The maximum atomic E-state index is 12.8. The molecule has 1 N–H and O–H groups in total. The number of benzene rings is 2. The normalized spacial score (nSPS) is 14.6. The standard InChI is InChI=1S/C23H23ClN4O4S2/c1-16-4-2-3-5-17(16)15-33-23-25-14-20(24)21(27-23)22(29)26-18-6-8-19(9-7-18)34(30,31)28-10-12-32-13-11-28/h2-9,14H,10-13,15H2,1H3,(H,26,29). The fraction of sp³-hybridized carbons (Fsp3) is 0.261. The molecule has 2 heterocycles. The number of thioether (sulfide) groups is 1. The van der Waals surface area contributed by atoms with E-state index in [2.05, 4.69) is 15.3 Å². The Kier molecular flexibility index (Phi) is 7.84. The molecule has 0 unspecified atom stereocenters. The average Bonchev–Trinajstić information content (AvgIpc) is 2.85. The van der Waals surface area contributed by atoms with Crippen molar-refractivity contribution in [2.75, 3.05) is 31.6 Å². The first-order valence-corrected chi connectivity index (χ1v) is 13.3. The molecule has 0 atom stereocenters. The number of morpholine rings is 1. The second-order valence-corrected chi connectivity index (χ2v) is 10.8. The van der Waals surface area contributed by atoms with Crippen molar-refractivity contribution < 1.29 is 17.9 Å². The molecule has 1 aliphatic rings. The SMILES string of the molecule is Cc1ccccc1CSc1ncc(Cl)c(C(=O)Nc2ccc(S(=O)(=O)N3CCOCC3)cc2)n1. The fourth-order valence-corrected chi connectivity index (χ4v) is 5.81. The fourth-order valence-electron chi connectivity index (χ4n) is 3.33. The largest absolute Gasteiger partial charge is 0.379 e. The molecule has 4 rings (SSSR count). The molecule has 0 saturated carbocycles. The van der Waals surface area contributed by atoms with Crippen LogP contribution in [0.2, 0.25) is 5.02 Å². The monoisotopic (exact) mass is 518 g/mol. The lowest BCUT2D eigenvalue weighted by Gasteiger charge is -2.26. The van der Waals surface area contributed by atoms with Gasteiger partial charge in [0.15, 0.2) is 10.9 Å². The number of carbonyl (C=O) groups is 1. The molecule has 3 aromatic rings. The molecule has 2 aromatic carbocycles. The van der Waals surface area contributed by atoms with Crippen LogP contribution in [0.3, 0.4) is 0 Å². The van der Waals surface area contributed by atoms with Crippen LogP contribution >= 0.6 is 23.4 Å². The molecule has 0 bridgehead atoms. The summed E-state index contributed by atoms with van der Waals surface area (Å²) in [6, 6.07) is 14.0. The van der Waals surface area contributed by atoms with Gasteiger partial charge in [-0.25, -0.2) is 18.4 Å². The van der Waals surface area contributed by atoms with Crippen molar-refractivity contribution in [1.29, 1.82) is 0 Å². The summed E-state index contributed by atoms with van der Waals surface area (Å²) in [6.45, 7) is 3.42. The molecule has 178 valence electrons. The van der Waals surface area contributed by atoms with Crippen molar-refractivity contribution in [2.24, 2.45) is 0 Å². The number of amides is 1. The molecular formula is C23H23ClN4O4S2. The number of halogens is 1. The minimum atomic E-state index is -3.61. The highest BCUT2D eigenvalue weighted by Crippen LogP contribution is 2.24. The van der Waals surface area contributed by atoms with Gasteiger partial charge in [0, 0.05) is 24.5 Å². The van der Waals surface area contributed by atoms with Gasteiger partial charge in [-0.3, -0.25) is 4.79 Å². The summed E-state index contributed by atoms with van der Waals surface area (Å²) < 4.78 is 32.1. The Labute approximate surface area is 207 Å². The van der Waals surface area contributed by atoms with Gasteiger partial charge in [0.1, 0.15) is 0 Å². The van der Waals surface area contributed by atoms with Crippen LogP contribution in [0.25, 0.3) is 0 Å². The highest BCUT2D eigenvalue weighted by Gasteiger charge is 2.26. The van der Waals surface area contributed by atoms with E-state index in [9.17, 15) is 13.2 Å². The summed E-state index contributed by atoms with van der Waals surface area (Å²) in [5.74, 6) is 0.156. The van der Waals surface area contributed by atoms with Gasteiger partial charge in [0.2, 0.25) is 10.0 Å². The number of aromatic nitrogens is 2. The lowest BCUT2D eigenvalue weighted by molar-refractivity contribution is 0.0730. The minimum absolute atomic E-state index is 0.0500. The van der Waals surface area contributed by atoms with Crippen molar-refractivity contribution >= 4 is 45.0 Å². The van der Waals surface area contributed by atoms with Crippen LogP contribution in [-0.2, 0) is 20.5 Å².